The average Bonchev–Trinajstić information content (AvgIpc) is 2.49. The largest absolute Gasteiger partial charge is 0.501 e. The van der Waals surface area contributed by atoms with Gasteiger partial charge in [-0.05, 0) is 30.9 Å². The van der Waals surface area contributed by atoms with Gasteiger partial charge >= 0.3 is 0 Å². The van der Waals surface area contributed by atoms with Crippen molar-refractivity contribution in [2.75, 3.05) is 26.4 Å². The highest BCUT2D eigenvalue weighted by atomic mass is 16.6. The molecule has 1 aliphatic heterocycles. The third-order valence-electron chi connectivity index (χ3n) is 3.16. The van der Waals surface area contributed by atoms with E-state index in [-0.39, 0.29) is 6.10 Å². The molecule has 0 aliphatic carbocycles. The Morgan fingerprint density at radius 3 is 2.89 bits per heavy atom. The maximum Gasteiger partial charge on any atom is 0.0874 e. The summed E-state index contributed by atoms with van der Waals surface area (Å²) in [4.78, 5) is 0. The number of hydrogen-bond donors (Lipinski definition) is 0. The second kappa shape index (κ2) is 7.97. The van der Waals surface area contributed by atoms with Gasteiger partial charge in [-0.2, -0.15) is 0 Å². The van der Waals surface area contributed by atoms with Gasteiger partial charge in [-0.25, -0.2) is 0 Å². The van der Waals surface area contributed by atoms with E-state index >= 15 is 0 Å². The summed E-state index contributed by atoms with van der Waals surface area (Å²) in [7, 11) is 0. The lowest BCUT2D eigenvalue weighted by Gasteiger charge is -2.22. The number of hydrogen-bond acceptors (Lipinski definition) is 3. The third-order valence-corrected chi connectivity index (χ3v) is 3.16. The molecular weight excluding hydrogens is 240 g/mol. The predicted octanol–water partition coefficient (Wildman–Crippen LogP) is 3.26. The van der Waals surface area contributed by atoms with Crippen LogP contribution in [0.25, 0.3) is 5.57 Å². The minimum absolute atomic E-state index is 0.247. The van der Waals surface area contributed by atoms with Crippen LogP contribution in [0.15, 0.2) is 36.6 Å². The van der Waals surface area contributed by atoms with Crippen LogP contribution in [0.4, 0.5) is 0 Å². The summed E-state index contributed by atoms with van der Waals surface area (Å²) in [6.07, 6.45) is 4.08. The molecule has 0 spiro atoms. The molecule has 1 atom stereocenters. The highest BCUT2D eigenvalue weighted by molar-refractivity contribution is 5.62. The molecule has 1 saturated heterocycles. The lowest BCUT2D eigenvalue weighted by atomic mass is 10.1. The Labute approximate surface area is 115 Å². The molecule has 0 amide bonds. The van der Waals surface area contributed by atoms with Gasteiger partial charge in [-0.3, -0.25) is 0 Å². The zero-order chi connectivity index (χ0) is 13.3. The second-order valence-corrected chi connectivity index (χ2v) is 4.75. The lowest BCUT2D eigenvalue weighted by molar-refractivity contribution is -0.0920. The van der Waals surface area contributed by atoms with Crippen LogP contribution < -0.4 is 0 Å². The van der Waals surface area contributed by atoms with Crippen LogP contribution in [0.2, 0.25) is 0 Å². The Balaban J connectivity index is 1.63. The first-order chi connectivity index (χ1) is 9.36. The SMILES string of the molecule is C/C(=C/OCCCC1COCCO1)c1ccccc1. The molecule has 19 heavy (non-hydrogen) atoms. The summed E-state index contributed by atoms with van der Waals surface area (Å²) in [6.45, 7) is 4.96. The fourth-order valence-electron chi connectivity index (χ4n) is 2.05. The molecule has 0 saturated carbocycles. The van der Waals surface area contributed by atoms with Gasteiger partial charge < -0.3 is 14.2 Å². The number of allylic oxidation sites excluding steroid dienone is 1. The van der Waals surface area contributed by atoms with Crippen LogP contribution in [-0.4, -0.2) is 32.5 Å². The van der Waals surface area contributed by atoms with Crippen LogP contribution >= 0.6 is 0 Å². The lowest BCUT2D eigenvalue weighted by Crippen LogP contribution is -2.28. The van der Waals surface area contributed by atoms with Gasteiger partial charge in [-0.1, -0.05) is 30.3 Å². The van der Waals surface area contributed by atoms with Crippen molar-refractivity contribution in [2.24, 2.45) is 0 Å². The van der Waals surface area contributed by atoms with Gasteiger partial charge in [0.25, 0.3) is 0 Å². The molecule has 1 aliphatic rings. The van der Waals surface area contributed by atoms with Gasteiger partial charge in [0.2, 0.25) is 0 Å². The predicted molar refractivity (Wildman–Crippen MR) is 75.8 cm³/mol. The average molecular weight is 262 g/mol. The van der Waals surface area contributed by atoms with Crippen molar-refractivity contribution in [1.82, 2.24) is 0 Å². The van der Waals surface area contributed by atoms with E-state index < -0.39 is 0 Å². The molecule has 0 radical (unpaired) electrons. The Morgan fingerprint density at radius 1 is 1.32 bits per heavy atom. The first-order valence-corrected chi connectivity index (χ1v) is 6.89. The minimum Gasteiger partial charge on any atom is -0.501 e. The third kappa shape index (κ3) is 5.05. The Morgan fingerprint density at radius 2 is 2.16 bits per heavy atom. The maximum absolute atomic E-state index is 5.58. The maximum atomic E-state index is 5.58. The molecule has 0 N–H and O–H groups in total. The van der Waals surface area contributed by atoms with E-state index in [0.29, 0.717) is 0 Å². The molecule has 1 fully saturated rings. The summed E-state index contributed by atoms with van der Waals surface area (Å²) >= 11 is 0. The van der Waals surface area contributed by atoms with Crippen molar-refractivity contribution in [3.63, 3.8) is 0 Å². The zero-order valence-corrected chi connectivity index (χ0v) is 11.5. The van der Waals surface area contributed by atoms with Crippen molar-refractivity contribution in [3.05, 3.63) is 42.2 Å². The van der Waals surface area contributed by atoms with Crippen LogP contribution in [0.5, 0.6) is 0 Å². The molecule has 0 bridgehead atoms. The number of rotatable bonds is 6. The summed E-state index contributed by atoms with van der Waals surface area (Å²) in [5, 5.41) is 0. The Bertz CT molecular complexity index is 380. The molecule has 0 aromatic heterocycles. The topological polar surface area (TPSA) is 27.7 Å². The van der Waals surface area contributed by atoms with Crippen molar-refractivity contribution in [2.45, 2.75) is 25.9 Å². The van der Waals surface area contributed by atoms with E-state index in [0.717, 1.165) is 44.8 Å². The van der Waals surface area contributed by atoms with Crippen LogP contribution in [0.3, 0.4) is 0 Å². The molecule has 1 aromatic carbocycles. The normalized spacial score (nSPS) is 20.3. The zero-order valence-electron chi connectivity index (χ0n) is 11.5. The van der Waals surface area contributed by atoms with Crippen molar-refractivity contribution in [3.8, 4) is 0 Å². The second-order valence-electron chi connectivity index (χ2n) is 4.75. The van der Waals surface area contributed by atoms with Crippen molar-refractivity contribution >= 4 is 5.57 Å². The van der Waals surface area contributed by atoms with E-state index in [2.05, 4.69) is 19.1 Å². The fraction of sp³-hybridized carbons (Fsp3) is 0.500. The quantitative estimate of drug-likeness (QED) is 0.582. The van der Waals surface area contributed by atoms with Crippen molar-refractivity contribution < 1.29 is 14.2 Å². The molecule has 1 unspecified atom stereocenters. The molecule has 2 rings (SSSR count). The highest BCUT2D eigenvalue weighted by Crippen LogP contribution is 2.13. The van der Waals surface area contributed by atoms with Crippen LogP contribution in [-0.2, 0) is 14.2 Å². The van der Waals surface area contributed by atoms with Gasteiger partial charge in [-0.15, -0.1) is 0 Å². The monoisotopic (exact) mass is 262 g/mol. The van der Waals surface area contributed by atoms with E-state index in [1.807, 2.05) is 24.5 Å². The van der Waals surface area contributed by atoms with Gasteiger partial charge in [0.15, 0.2) is 0 Å². The van der Waals surface area contributed by atoms with Crippen LogP contribution in [0.1, 0.15) is 25.3 Å². The first-order valence-electron chi connectivity index (χ1n) is 6.89. The minimum atomic E-state index is 0.247. The van der Waals surface area contributed by atoms with E-state index in [1.54, 1.807) is 0 Å². The molecule has 104 valence electrons. The summed E-state index contributed by atoms with van der Waals surface area (Å²) in [5.74, 6) is 0. The summed E-state index contributed by atoms with van der Waals surface area (Å²) in [6, 6.07) is 10.3. The molecule has 3 heteroatoms. The highest BCUT2D eigenvalue weighted by Gasteiger charge is 2.13. The summed E-state index contributed by atoms with van der Waals surface area (Å²) in [5.41, 5.74) is 2.35. The van der Waals surface area contributed by atoms with E-state index in [4.69, 9.17) is 14.2 Å². The smallest absolute Gasteiger partial charge is 0.0874 e. The Hall–Kier alpha value is -1.32. The Kier molecular flexibility index (Phi) is 5.92. The fourth-order valence-corrected chi connectivity index (χ4v) is 2.05. The van der Waals surface area contributed by atoms with Crippen LogP contribution in [0, 0.1) is 0 Å². The number of benzene rings is 1. The standard InChI is InChI=1S/C16H22O3/c1-14(15-6-3-2-4-7-15)12-17-9-5-8-16-13-18-10-11-19-16/h2-4,6-7,12,16H,5,8-11,13H2,1H3/b14-12-. The molecule has 3 nitrogen and oxygen atoms in total. The van der Waals surface area contributed by atoms with Crippen molar-refractivity contribution in [1.29, 1.82) is 0 Å². The first kappa shape index (κ1) is 14.1. The van der Waals surface area contributed by atoms with E-state index in [1.165, 1.54) is 5.56 Å². The van der Waals surface area contributed by atoms with Gasteiger partial charge in [0.1, 0.15) is 0 Å². The van der Waals surface area contributed by atoms with Gasteiger partial charge in [0, 0.05) is 0 Å². The molecule has 1 heterocycles. The molecular formula is C16H22O3. The summed E-state index contributed by atoms with van der Waals surface area (Å²) < 4.78 is 16.5. The number of ether oxygens (including phenoxy) is 3. The van der Waals surface area contributed by atoms with E-state index in [9.17, 15) is 0 Å². The van der Waals surface area contributed by atoms with Gasteiger partial charge in [0.05, 0.1) is 38.8 Å². The molecule has 1 aromatic rings.